The lowest BCUT2D eigenvalue weighted by molar-refractivity contribution is 0.475. The van der Waals surface area contributed by atoms with Crippen LogP contribution in [0.15, 0.2) is 6.20 Å². The van der Waals surface area contributed by atoms with Crippen LogP contribution in [-0.2, 0) is 13.0 Å². The van der Waals surface area contributed by atoms with Crippen molar-refractivity contribution >= 4 is 0 Å². The molecule has 2 unspecified atom stereocenters. The van der Waals surface area contributed by atoms with Gasteiger partial charge in [-0.3, -0.25) is 4.68 Å². The summed E-state index contributed by atoms with van der Waals surface area (Å²) in [5.74, 6) is 0.677. The second-order valence-electron chi connectivity index (χ2n) is 5.34. The molecule has 0 saturated carbocycles. The Morgan fingerprint density at radius 1 is 1.53 bits per heavy atom. The lowest BCUT2D eigenvalue weighted by Gasteiger charge is -2.19. The Morgan fingerprint density at radius 3 is 3.20 bits per heavy atom. The van der Waals surface area contributed by atoms with Gasteiger partial charge in [0.2, 0.25) is 0 Å². The molecular formula is C12H19N3. The van der Waals surface area contributed by atoms with E-state index in [1.54, 1.807) is 0 Å². The molecule has 1 saturated heterocycles. The number of nitrogens with one attached hydrogen (secondary N) is 1. The molecule has 1 aromatic rings. The van der Waals surface area contributed by atoms with Gasteiger partial charge in [-0.2, -0.15) is 5.10 Å². The molecule has 0 aromatic carbocycles. The van der Waals surface area contributed by atoms with Crippen LogP contribution < -0.4 is 5.32 Å². The Kier molecular flexibility index (Phi) is 2.09. The number of fused-ring (bicyclic) bond motifs is 4. The summed E-state index contributed by atoms with van der Waals surface area (Å²) in [5, 5.41) is 8.37. The van der Waals surface area contributed by atoms with Gasteiger partial charge in [0, 0.05) is 36.8 Å². The van der Waals surface area contributed by atoms with Crippen LogP contribution in [0.3, 0.4) is 0 Å². The molecule has 1 N–H and O–H groups in total. The van der Waals surface area contributed by atoms with Crippen molar-refractivity contribution in [2.24, 2.45) is 5.92 Å². The van der Waals surface area contributed by atoms with E-state index in [2.05, 4.69) is 30.0 Å². The molecule has 2 aliphatic rings. The lowest BCUT2D eigenvalue weighted by Crippen LogP contribution is -2.31. The van der Waals surface area contributed by atoms with E-state index in [4.69, 9.17) is 5.10 Å². The minimum absolute atomic E-state index is 0.597. The smallest absolute Gasteiger partial charge is 0.0687 e. The maximum atomic E-state index is 4.71. The Hall–Kier alpha value is -0.830. The van der Waals surface area contributed by atoms with Crippen molar-refractivity contribution in [3.05, 3.63) is 17.5 Å². The van der Waals surface area contributed by atoms with Gasteiger partial charge in [0.1, 0.15) is 0 Å². The molecule has 1 fully saturated rings. The summed E-state index contributed by atoms with van der Waals surface area (Å²) in [6, 6.07) is 1.30. The van der Waals surface area contributed by atoms with Crippen LogP contribution in [0.25, 0.3) is 0 Å². The molecular weight excluding hydrogens is 186 g/mol. The maximum absolute atomic E-state index is 4.71. The molecule has 0 amide bonds. The number of nitrogens with zero attached hydrogens (tertiary/aromatic N) is 2. The maximum Gasteiger partial charge on any atom is 0.0687 e. The van der Waals surface area contributed by atoms with E-state index in [0.29, 0.717) is 18.0 Å². The summed E-state index contributed by atoms with van der Waals surface area (Å²) in [6.45, 7) is 5.53. The van der Waals surface area contributed by atoms with Gasteiger partial charge in [0.25, 0.3) is 0 Å². The van der Waals surface area contributed by atoms with E-state index in [1.165, 1.54) is 24.1 Å². The van der Waals surface area contributed by atoms with E-state index in [1.807, 2.05) is 0 Å². The highest BCUT2D eigenvalue weighted by molar-refractivity contribution is 5.27. The molecule has 0 spiro atoms. The van der Waals surface area contributed by atoms with Gasteiger partial charge in [-0.25, -0.2) is 0 Å². The van der Waals surface area contributed by atoms with E-state index in [0.717, 1.165) is 13.0 Å². The summed E-state index contributed by atoms with van der Waals surface area (Å²) in [6.07, 6.45) is 6.02. The quantitative estimate of drug-likeness (QED) is 0.799. The summed E-state index contributed by atoms with van der Waals surface area (Å²) < 4.78 is 2.14. The molecule has 2 aliphatic heterocycles. The third-order valence-electron chi connectivity index (χ3n) is 3.48. The topological polar surface area (TPSA) is 29.9 Å². The third kappa shape index (κ3) is 1.59. The van der Waals surface area contributed by atoms with Gasteiger partial charge in [0.05, 0.1) is 5.69 Å². The zero-order valence-electron chi connectivity index (χ0n) is 9.53. The van der Waals surface area contributed by atoms with Crippen LogP contribution >= 0.6 is 0 Å². The average molecular weight is 205 g/mol. The monoisotopic (exact) mass is 205 g/mol. The standard InChI is InChI=1S/C12H19N3/c1-8(2)6-15-7-10-11-4-3-9(13-11)5-12(10)14-15/h7-9,11,13H,3-6H2,1-2H3. The molecule has 82 valence electrons. The normalized spacial score (nSPS) is 28.5. The van der Waals surface area contributed by atoms with Gasteiger partial charge in [-0.05, 0) is 18.8 Å². The Labute approximate surface area is 90.9 Å². The highest BCUT2D eigenvalue weighted by Crippen LogP contribution is 2.35. The lowest BCUT2D eigenvalue weighted by atomic mass is 10.0. The highest BCUT2D eigenvalue weighted by atomic mass is 15.3. The number of rotatable bonds is 2. The SMILES string of the molecule is CC(C)Cn1cc2c(n1)CC1CCC2N1. The zero-order chi connectivity index (χ0) is 10.4. The molecule has 1 aromatic heterocycles. The molecule has 3 rings (SSSR count). The molecule has 3 heteroatoms. The van der Waals surface area contributed by atoms with Crippen molar-refractivity contribution in [2.45, 2.75) is 51.7 Å². The van der Waals surface area contributed by atoms with E-state index < -0.39 is 0 Å². The minimum Gasteiger partial charge on any atom is -0.307 e. The molecule has 2 atom stereocenters. The fourth-order valence-electron chi connectivity index (χ4n) is 2.85. The Bertz CT molecular complexity index is 367. The summed E-state index contributed by atoms with van der Waals surface area (Å²) in [4.78, 5) is 0. The molecule has 3 heterocycles. The van der Waals surface area contributed by atoms with Crippen LogP contribution in [-0.4, -0.2) is 15.8 Å². The van der Waals surface area contributed by atoms with E-state index >= 15 is 0 Å². The second kappa shape index (κ2) is 3.34. The third-order valence-corrected chi connectivity index (χ3v) is 3.48. The molecule has 3 nitrogen and oxygen atoms in total. The number of aromatic nitrogens is 2. The zero-order valence-corrected chi connectivity index (χ0v) is 9.53. The summed E-state index contributed by atoms with van der Waals surface area (Å²) >= 11 is 0. The molecule has 0 aliphatic carbocycles. The number of hydrogen-bond acceptors (Lipinski definition) is 2. The Morgan fingerprint density at radius 2 is 2.40 bits per heavy atom. The van der Waals surface area contributed by atoms with Crippen LogP contribution in [0.1, 0.15) is 44.0 Å². The van der Waals surface area contributed by atoms with Crippen LogP contribution in [0, 0.1) is 5.92 Å². The van der Waals surface area contributed by atoms with Gasteiger partial charge in [0.15, 0.2) is 0 Å². The van der Waals surface area contributed by atoms with Crippen LogP contribution in [0.4, 0.5) is 0 Å². The van der Waals surface area contributed by atoms with Crippen molar-refractivity contribution in [3.8, 4) is 0 Å². The van der Waals surface area contributed by atoms with E-state index in [9.17, 15) is 0 Å². The number of hydrogen-bond donors (Lipinski definition) is 1. The van der Waals surface area contributed by atoms with E-state index in [-0.39, 0.29) is 0 Å². The molecule has 15 heavy (non-hydrogen) atoms. The van der Waals surface area contributed by atoms with Crippen LogP contribution in [0.5, 0.6) is 0 Å². The first kappa shape index (κ1) is 9.40. The van der Waals surface area contributed by atoms with Gasteiger partial charge in [-0.15, -0.1) is 0 Å². The molecule has 0 radical (unpaired) electrons. The first-order valence-corrected chi connectivity index (χ1v) is 6.04. The minimum atomic E-state index is 0.597. The van der Waals surface area contributed by atoms with Gasteiger partial charge < -0.3 is 5.32 Å². The Balaban J connectivity index is 1.89. The highest BCUT2D eigenvalue weighted by Gasteiger charge is 2.34. The predicted octanol–water partition coefficient (Wildman–Crippen LogP) is 1.89. The average Bonchev–Trinajstić information content (AvgIpc) is 2.71. The van der Waals surface area contributed by atoms with Crippen molar-refractivity contribution in [1.29, 1.82) is 0 Å². The van der Waals surface area contributed by atoms with Crippen LogP contribution in [0.2, 0.25) is 0 Å². The van der Waals surface area contributed by atoms with Gasteiger partial charge >= 0.3 is 0 Å². The van der Waals surface area contributed by atoms with Gasteiger partial charge in [-0.1, -0.05) is 13.8 Å². The summed E-state index contributed by atoms with van der Waals surface area (Å²) in [7, 11) is 0. The fraction of sp³-hybridized carbons (Fsp3) is 0.750. The first-order valence-electron chi connectivity index (χ1n) is 6.04. The van der Waals surface area contributed by atoms with Crippen molar-refractivity contribution in [1.82, 2.24) is 15.1 Å². The molecule has 2 bridgehead atoms. The second-order valence-corrected chi connectivity index (χ2v) is 5.34. The predicted molar refractivity (Wildman–Crippen MR) is 59.7 cm³/mol. The first-order chi connectivity index (χ1) is 7.22. The largest absolute Gasteiger partial charge is 0.307 e. The van der Waals surface area contributed by atoms with Crippen molar-refractivity contribution in [2.75, 3.05) is 0 Å². The van der Waals surface area contributed by atoms with Crippen molar-refractivity contribution < 1.29 is 0 Å². The summed E-state index contributed by atoms with van der Waals surface area (Å²) in [5.41, 5.74) is 2.81. The van der Waals surface area contributed by atoms with Crippen molar-refractivity contribution in [3.63, 3.8) is 0 Å². The fourth-order valence-corrected chi connectivity index (χ4v) is 2.85.